The van der Waals surface area contributed by atoms with Crippen LogP contribution >= 0.6 is 23.4 Å². The summed E-state index contributed by atoms with van der Waals surface area (Å²) in [5.74, 6) is 1.77. The molecule has 0 radical (unpaired) electrons. The molecule has 1 N–H and O–H groups in total. The molecule has 32 heavy (non-hydrogen) atoms. The van der Waals surface area contributed by atoms with Crippen LogP contribution in [0, 0.1) is 0 Å². The number of aromatic nitrogens is 4. The number of ether oxygens (including phenoxy) is 1. The average Bonchev–Trinajstić information content (AvgIpc) is 3.31. The summed E-state index contributed by atoms with van der Waals surface area (Å²) in [6.07, 6.45) is 1.02. The SMILES string of the molecule is Clc1ccccc1COc1ccc(CNCCCSc2nnnn2-c2ccccc2)cc1. The molecule has 0 unspecified atom stereocenters. The Morgan fingerprint density at radius 3 is 2.53 bits per heavy atom. The van der Waals surface area contributed by atoms with E-state index >= 15 is 0 Å². The standard InChI is InChI=1S/C24H24ClN5OS/c25-23-10-5-4-7-20(23)18-31-22-13-11-19(12-14-22)17-26-15-6-16-32-24-27-28-29-30(24)21-8-2-1-3-9-21/h1-5,7-14,26H,6,15-18H2. The minimum absolute atomic E-state index is 0.461. The second kappa shape index (κ2) is 11.7. The monoisotopic (exact) mass is 465 g/mol. The van der Waals surface area contributed by atoms with E-state index in [1.54, 1.807) is 16.4 Å². The molecule has 1 aromatic heterocycles. The molecule has 8 heteroatoms. The van der Waals surface area contributed by atoms with Crippen molar-refractivity contribution in [3.05, 3.63) is 95.0 Å². The Morgan fingerprint density at radius 1 is 0.938 bits per heavy atom. The van der Waals surface area contributed by atoms with Crippen LogP contribution in [0.1, 0.15) is 17.5 Å². The van der Waals surface area contributed by atoms with Gasteiger partial charge >= 0.3 is 0 Å². The van der Waals surface area contributed by atoms with E-state index in [2.05, 4.69) is 33.0 Å². The lowest BCUT2D eigenvalue weighted by molar-refractivity contribution is 0.306. The van der Waals surface area contributed by atoms with Crippen LogP contribution in [0.5, 0.6) is 5.75 Å². The van der Waals surface area contributed by atoms with Gasteiger partial charge in [0, 0.05) is 22.9 Å². The molecule has 0 saturated carbocycles. The first-order valence-corrected chi connectivity index (χ1v) is 11.8. The second-order valence-electron chi connectivity index (χ2n) is 7.11. The predicted molar refractivity (Wildman–Crippen MR) is 128 cm³/mol. The normalized spacial score (nSPS) is 10.9. The van der Waals surface area contributed by atoms with Gasteiger partial charge in [-0.15, -0.1) is 5.10 Å². The minimum Gasteiger partial charge on any atom is -0.489 e. The van der Waals surface area contributed by atoms with Crippen molar-refractivity contribution in [3.63, 3.8) is 0 Å². The first-order chi connectivity index (χ1) is 15.8. The second-order valence-corrected chi connectivity index (χ2v) is 8.58. The van der Waals surface area contributed by atoms with Crippen LogP contribution in [-0.4, -0.2) is 32.5 Å². The van der Waals surface area contributed by atoms with Gasteiger partial charge in [-0.05, 0) is 59.3 Å². The number of para-hydroxylation sites is 1. The van der Waals surface area contributed by atoms with Crippen LogP contribution in [0.2, 0.25) is 5.02 Å². The summed E-state index contributed by atoms with van der Waals surface area (Å²) in [6.45, 7) is 2.20. The van der Waals surface area contributed by atoms with Gasteiger partial charge in [0.2, 0.25) is 5.16 Å². The zero-order chi connectivity index (χ0) is 22.0. The van der Waals surface area contributed by atoms with Gasteiger partial charge in [0.15, 0.2) is 0 Å². The van der Waals surface area contributed by atoms with Crippen LogP contribution in [0.25, 0.3) is 5.69 Å². The summed E-state index contributed by atoms with van der Waals surface area (Å²) in [6, 6.07) is 25.8. The Bertz CT molecular complexity index is 1100. The van der Waals surface area contributed by atoms with Crippen LogP contribution in [0.3, 0.4) is 0 Å². The number of nitrogens with zero attached hydrogens (tertiary/aromatic N) is 4. The summed E-state index contributed by atoms with van der Waals surface area (Å²) in [5, 5.41) is 17.0. The molecule has 164 valence electrons. The summed E-state index contributed by atoms with van der Waals surface area (Å²) in [7, 11) is 0. The van der Waals surface area contributed by atoms with Crippen LogP contribution in [-0.2, 0) is 13.2 Å². The Balaban J connectivity index is 1.15. The highest BCUT2D eigenvalue weighted by Crippen LogP contribution is 2.20. The van der Waals surface area contributed by atoms with Gasteiger partial charge in [0.05, 0.1) is 5.69 Å². The third-order valence-electron chi connectivity index (χ3n) is 4.78. The minimum atomic E-state index is 0.461. The van der Waals surface area contributed by atoms with Gasteiger partial charge in [-0.2, -0.15) is 4.68 Å². The zero-order valence-corrected chi connectivity index (χ0v) is 19.1. The van der Waals surface area contributed by atoms with Crippen LogP contribution < -0.4 is 10.1 Å². The summed E-state index contributed by atoms with van der Waals surface area (Å²) < 4.78 is 7.61. The summed E-state index contributed by atoms with van der Waals surface area (Å²) in [5.41, 5.74) is 3.17. The lowest BCUT2D eigenvalue weighted by Gasteiger charge is -2.09. The number of hydrogen-bond donors (Lipinski definition) is 1. The van der Waals surface area contributed by atoms with Gasteiger partial charge in [0.1, 0.15) is 12.4 Å². The molecule has 0 fully saturated rings. The predicted octanol–water partition coefficient (Wildman–Crippen LogP) is 5.17. The summed E-state index contributed by atoms with van der Waals surface area (Å²) >= 11 is 7.84. The Kier molecular flexibility index (Phi) is 8.14. The molecule has 4 aromatic rings. The van der Waals surface area contributed by atoms with E-state index in [9.17, 15) is 0 Å². The number of benzene rings is 3. The highest BCUT2D eigenvalue weighted by atomic mass is 35.5. The van der Waals surface area contributed by atoms with E-state index in [0.29, 0.717) is 6.61 Å². The molecule has 0 atom stereocenters. The maximum atomic E-state index is 6.17. The molecule has 6 nitrogen and oxygen atoms in total. The van der Waals surface area contributed by atoms with Crippen molar-refractivity contribution in [1.29, 1.82) is 0 Å². The van der Waals surface area contributed by atoms with Gasteiger partial charge in [-0.25, -0.2) is 0 Å². The maximum absolute atomic E-state index is 6.17. The molecule has 0 amide bonds. The molecule has 3 aromatic carbocycles. The third kappa shape index (κ3) is 6.32. The van der Waals surface area contributed by atoms with Crippen molar-refractivity contribution in [2.75, 3.05) is 12.3 Å². The fourth-order valence-electron chi connectivity index (χ4n) is 3.07. The molecule has 0 bridgehead atoms. The number of halogens is 1. The Hall–Kier alpha value is -2.87. The van der Waals surface area contributed by atoms with Crippen molar-refractivity contribution in [3.8, 4) is 11.4 Å². The fourth-order valence-corrected chi connectivity index (χ4v) is 4.09. The third-order valence-corrected chi connectivity index (χ3v) is 6.15. The van der Waals surface area contributed by atoms with Gasteiger partial charge < -0.3 is 10.1 Å². The topological polar surface area (TPSA) is 64.9 Å². The largest absolute Gasteiger partial charge is 0.489 e. The Labute approximate surface area is 197 Å². The highest BCUT2D eigenvalue weighted by molar-refractivity contribution is 7.99. The molecule has 1 heterocycles. The van der Waals surface area contributed by atoms with Crippen molar-refractivity contribution in [2.24, 2.45) is 0 Å². The first kappa shape index (κ1) is 22.3. The van der Waals surface area contributed by atoms with E-state index in [1.807, 2.05) is 66.7 Å². The molecule has 0 spiro atoms. The van der Waals surface area contributed by atoms with E-state index in [4.69, 9.17) is 16.3 Å². The van der Waals surface area contributed by atoms with E-state index in [0.717, 1.165) is 52.4 Å². The van der Waals surface area contributed by atoms with E-state index < -0.39 is 0 Å². The maximum Gasteiger partial charge on any atom is 0.214 e. The highest BCUT2D eigenvalue weighted by Gasteiger charge is 2.08. The number of hydrogen-bond acceptors (Lipinski definition) is 6. The molecule has 0 aliphatic heterocycles. The van der Waals surface area contributed by atoms with E-state index in [-0.39, 0.29) is 0 Å². The van der Waals surface area contributed by atoms with E-state index in [1.165, 1.54) is 5.56 Å². The quantitative estimate of drug-likeness (QED) is 0.243. The van der Waals surface area contributed by atoms with Gasteiger partial charge in [0.25, 0.3) is 0 Å². The lowest BCUT2D eigenvalue weighted by atomic mass is 10.2. The molecule has 0 aliphatic carbocycles. The molecular weight excluding hydrogens is 442 g/mol. The Morgan fingerprint density at radius 2 is 1.72 bits per heavy atom. The van der Waals surface area contributed by atoms with Gasteiger partial charge in [-0.3, -0.25) is 0 Å². The zero-order valence-electron chi connectivity index (χ0n) is 17.5. The van der Waals surface area contributed by atoms with Crippen molar-refractivity contribution in [1.82, 2.24) is 25.5 Å². The number of tetrazole rings is 1. The lowest BCUT2D eigenvalue weighted by Crippen LogP contribution is -2.15. The summed E-state index contributed by atoms with van der Waals surface area (Å²) in [4.78, 5) is 0. The molecular formula is C24H24ClN5OS. The molecule has 0 aliphatic rings. The van der Waals surface area contributed by atoms with Crippen molar-refractivity contribution < 1.29 is 4.74 Å². The molecule has 0 saturated heterocycles. The van der Waals surface area contributed by atoms with Crippen molar-refractivity contribution in [2.45, 2.75) is 24.7 Å². The van der Waals surface area contributed by atoms with Crippen LogP contribution in [0.15, 0.2) is 84.0 Å². The van der Waals surface area contributed by atoms with Crippen LogP contribution in [0.4, 0.5) is 0 Å². The average molecular weight is 466 g/mol. The smallest absolute Gasteiger partial charge is 0.214 e. The number of nitrogens with one attached hydrogen (secondary N) is 1. The fraction of sp³-hybridized carbons (Fsp3) is 0.208. The molecule has 4 rings (SSSR count). The number of rotatable bonds is 11. The number of thioether (sulfide) groups is 1. The van der Waals surface area contributed by atoms with Crippen molar-refractivity contribution >= 4 is 23.4 Å². The van der Waals surface area contributed by atoms with Gasteiger partial charge in [-0.1, -0.05) is 71.9 Å². The first-order valence-electron chi connectivity index (χ1n) is 10.4.